The van der Waals surface area contributed by atoms with Gasteiger partial charge in [0.25, 0.3) is 5.89 Å². The smallest absolute Gasteiger partial charge is 0.416 e. The van der Waals surface area contributed by atoms with E-state index >= 15 is 0 Å². The fourth-order valence-corrected chi connectivity index (χ4v) is 6.35. The molecule has 0 saturated heterocycles. The summed E-state index contributed by atoms with van der Waals surface area (Å²) < 4.78 is 37.7. The predicted octanol–water partition coefficient (Wildman–Crippen LogP) is 10.1. The van der Waals surface area contributed by atoms with E-state index in [9.17, 15) is 19.5 Å². The maximum Gasteiger partial charge on any atom is 0.416 e. The van der Waals surface area contributed by atoms with Gasteiger partial charge in [-0.05, 0) is 117 Å². The number of hydrogen-bond donors (Lipinski definition) is 1. The zero-order valence-electron chi connectivity index (χ0n) is 36.2. The minimum Gasteiger partial charge on any atom is -0.497 e. The van der Waals surface area contributed by atoms with Crippen molar-refractivity contribution in [2.45, 2.75) is 39.3 Å². The second-order valence-electron chi connectivity index (χ2n) is 13.9. The maximum absolute atomic E-state index is 12.8. The van der Waals surface area contributed by atoms with E-state index in [0.29, 0.717) is 60.9 Å². The van der Waals surface area contributed by atoms with Gasteiger partial charge in [-0.3, -0.25) is 9.69 Å². The number of amides is 2. The molecule has 2 amide bonds. The van der Waals surface area contributed by atoms with E-state index in [1.165, 1.54) is 7.11 Å². The summed E-state index contributed by atoms with van der Waals surface area (Å²) in [6.07, 6.45) is -0.705. The standard InChI is InChI=1S/C28H27N3O7.C20H24BrNO4/c1-19(31(18-26(32)33)28(34)37-24-14-12-22(35-2)13-15-24)20-8-10-23(11-9-20)36-17-16-25-29-27(38-30-25)21-6-4-3-5-7-21;1-4-22(20(23)26-19-11-9-17(24-3)10-12-19)15(2)16-5-7-18(8-6-16)25-14-13-21/h3-15,19H,16-18H2,1-2H3,(H,32,33);5-12,15H,4,13-14H2,1-3H3/t19-;15-/m00/s1. The maximum atomic E-state index is 12.8. The van der Waals surface area contributed by atoms with Gasteiger partial charge < -0.3 is 43.0 Å². The molecule has 1 heterocycles. The Labute approximate surface area is 380 Å². The highest BCUT2D eigenvalue weighted by Crippen LogP contribution is 2.27. The van der Waals surface area contributed by atoms with Gasteiger partial charge in [-0.25, -0.2) is 9.59 Å². The van der Waals surface area contributed by atoms with Crippen molar-refractivity contribution in [1.82, 2.24) is 19.9 Å². The number of ether oxygens (including phenoxy) is 6. The molecule has 6 rings (SSSR count). The van der Waals surface area contributed by atoms with Crippen molar-refractivity contribution in [3.63, 3.8) is 0 Å². The summed E-state index contributed by atoms with van der Waals surface area (Å²) in [7, 11) is 3.13. The largest absolute Gasteiger partial charge is 0.497 e. The van der Waals surface area contributed by atoms with Crippen LogP contribution >= 0.6 is 15.9 Å². The minimum absolute atomic E-state index is 0.115. The van der Waals surface area contributed by atoms with Gasteiger partial charge in [-0.15, -0.1) is 0 Å². The summed E-state index contributed by atoms with van der Waals surface area (Å²) in [5.41, 5.74) is 2.59. The molecular weight excluding hydrogens is 888 g/mol. The SMILES string of the molecule is CCN(C(=O)Oc1ccc(OC)cc1)[C@@H](C)c1ccc(OCCBr)cc1.COc1ccc(OC(=O)N(CC(=O)O)[C@@H](C)c2ccc(OCCc3noc(-c4ccccc4)n3)cc2)cc1. The van der Waals surface area contributed by atoms with Crippen LogP contribution in [0.2, 0.25) is 0 Å². The molecule has 6 aromatic rings. The monoisotopic (exact) mass is 938 g/mol. The van der Waals surface area contributed by atoms with Crippen LogP contribution in [-0.2, 0) is 11.2 Å². The first-order valence-electron chi connectivity index (χ1n) is 20.4. The highest BCUT2D eigenvalue weighted by molar-refractivity contribution is 9.09. The number of aromatic nitrogens is 2. The molecule has 0 unspecified atom stereocenters. The van der Waals surface area contributed by atoms with E-state index in [4.69, 9.17) is 32.9 Å². The van der Waals surface area contributed by atoms with Crippen molar-refractivity contribution in [1.29, 1.82) is 0 Å². The summed E-state index contributed by atoms with van der Waals surface area (Å²) in [5, 5.41) is 14.1. The third-order valence-electron chi connectivity index (χ3n) is 9.73. The van der Waals surface area contributed by atoms with Gasteiger partial charge in [-0.1, -0.05) is 63.6 Å². The molecule has 0 fully saturated rings. The molecule has 336 valence electrons. The molecule has 15 nitrogen and oxygen atoms in total. The molecule has 0 aliphatic carbocycles. The highest BCUT2D eigenvalue weighted by Gasteiger charge is 2.26. The molecule has 0 saturated carbocycles. The Morgan fingerprint density at radius 2 is 1.09 bits per heavy atom. The average Bonchev–Trinajstić information content (AvgIpc) is 3.80. The Balaban J connectivity index is 0.000000259. The van der Waals surface area contributed by atoms with Crippen molar-refractivity contribution in [3.8, 4) is 46.0 Å². The van der Waals surface area contributed by atoms with Crippen LogP contribution in [-0.4, -0.2) is 89.1 Å². The summed E-state index contributed by atoms with van der Waals surface area (Å²) in [6, 6.07) is 37.0. The molecular formula is C48H51BrN4O11. The molecule has 0 spiro atoms. The molecule has 0 bridgehead atoms. The Morgan fingerprint density at radius 1 is 0.641 bits per heavy atom. The molecule has 0 aliphatic rings. The number of carboxylic acid groups (broad SMARTS) is 1. The number of hydrogen-bond acceptors (Lipinski definition) is 12. The van der Waals surface area contributed by atoms with Crippen LogP contribution in [0.5, 0.6) is 34.5 Å². The topological polar surface area (TPSA) is 172 Å². The number of carbonyl (C=O) groups is 3. The Hall–Kier alpha value is -7.07. The third kappa shape index (κ3) is 14.2. The van der Waals surface area contributed by atoms with Crippen molar-refractivity contribution in [2.24, 2.45) is 0 Å². The van der Waals surface area contributed by atoms with Crippen molar-refractivity contribution < 1.29 is 52.4 Å². The van der Waals surface area contributed by atoms with Crippen LogP contribution in [0.25, 0.3) is 11.5 Å². The van der Waals surface area contributed by atoms with Crippen LogP contribution < -0.4 is 28.4 Å². The third-order valence-corrected chi connectivity index (χ3v) is 10.1. The second-order valence-corrected chi connectivity index (χ2v) is 14.7. The van der Waals surface area contributed by atoms with E-state index in [-0.39, 0.29) is 17.9 Å². The number of rotatable bonds is 19. The summed E-state index contributed by atoms with van der Waals surface area (Å²) >= 11 is 3.33. The van der Waals surface area contributed by atoms with Gasteiger partial charge in [-0.2, -0.15) is 4.98 Å². The number of alkyl halides is 1. The minimum atomic E-state index is -1.15. The number of halogens is 1. The fourth-order valence-electron chi connectivity index (χ4n) is 6.19. The summed E-state index contributed by atoms with van der Waals surface area (Å²) in [5.74, 6) is 3.34. The Bertz CT molecular complexity index is 2350. The summed E-state index contributed by atoms with van der Waals surface area (Å²) in [6.45, 7) is 6.61. The van der Waals surface area contributed by atoms with E-state index in [2.05, 4.69) is 26.1 Å². The average molecular weight is 940 g/mol. The number of carbonyl (C=O) groups excluding carboxylic acids is 2. The lowest BCUT2D eigenvalue weighted by Gasteiger charge is -2.27. The first-order chi connectivity index (χ1) is 31.0. The Kier molecular flexibility index (Phi) is 18.4. The van der Waals surface area contributed by atoms with Crippen molar-refractivity contribution in [2.75, 3.05) is 45.9 Å². The molecule has 0 radical (unpaired) electrons. The van der Waals surface area contributed by atoms with Gasteiger partial charge in [0.05, 0.1) is 39.5 Å². The predicted molar refractivity (Wildman–Crippen MR) is 243 cm³/mol. The Morgan fingerprint density at radius 3 is 1.56 bits per heavy atom. The zero-order valence-corrected chi connectivity index (χ0v) is 37.8. The first kappa shape index (κ1) is 48.0. The van der Waals surface area contributed by atoms with Gasteiger partial charge in [0.15, 0.2) is 5.82 Å². The lowest BCUT2D eigenvalue weighted by molar-refractivity contribution is -0.138. The van der Waals surface area contributed by atoms with Gasteiger partial charge in [0, 0.05) is 23.9 Å². The highest BCUT2D eigenvalue weighted by atomic mass is 79.9. The van der Waals surface area contributed by atoms with Crippen LogP contribution in [0.3, 0.4) is 0 Å². The lowest BCUT2D eigenvalue weighted by atomic mass is 10.1. The molecule has 0 aliphatic heterocycles. The van der Waals surface area contributed by atoms with Crippen molar-refractivity contribution >= 4 is 34.1 Å². The fraction of sp³-hybridized carbons (Fsp3) is 0.271. The van der Waals surface area contributed by atoms with Crippen LogP contribution in [0, 0.1) is 0 Å². The van der Waals surface area contributed by atoms with E-state index < -0.39 is 24.6 Å². The zero-order chi connectivity index (χ0) is 45.8. The molecule has 16 heteroatoms. The lowest BCUT2D eigenvalue weighted by Crippen LogP contribution is -2.39. The molecule has 64 heavy (non-hydrogen) atoms. The van der Waals surface area contributed by atoms with Gasteiger partial charge in [0.2, 0.25) is 0 Å². The molecule has 2 atom stereocenters. The number of benzene rings is 5. The number of aliphatic carboxylic acids is 1. The van der Waals surface area contributed by atoms with Crippen LogP contribution in [0.15, 0.2) is 132 Å². The van der Waals surface area contributed by atoms with Gasteiger partial charge >= 0.3 is 18.2 Å². The summed E-state index contributed by atoms with van der Waals surface area (Å²) in [4.78, 5) is 44.0. The first-order valence-corrected chi connectivity index (χ1v) is 21.5. The number of carboxylic acids is 1. The molecule has 1 aromatic heterocycles. The second kappa shape index (κ2) is 24.5. The van der Waals surface area contributed by atoms with E-state index in [1.54, 1.807) is 91.7 Å². The molecule has 1 N–H and O–H groups in total. The van der Waals surface area contributed by atoms with Crippen molar-refractivity contribution in [3.05, 3.63) is 144 Å². The normalized spacial score (nSPS) is 11.5. The van der Waals surface area contributed by atoms with Crippen LogP contribution in [0.4, 0.5) is 9.59 Å². The number of nitrogens with zero attached hydrogens (tertiary/aromatic N) is 4. The van der Waals surface area contributed by atoms with Gasteiger partial charge in [0.1, 0.15) is 41.0 Å². The van der Waals surface area contributed by atoms with Crippen LogP contribution in [0.1, 0.15) is 49.8 Å². The number of methoxy groups -OCH3 is 2. The molecule has 5 aromatic carbocycles. The quantitative estimate of drug-likeness (QED) is 0.0761. The van der Waals surface area contributed by atoms with E-state index in [0.717, 1.165) is 32.7 Å². The van der Waals surface area contributed by atoms with E-state index in [1.807, 2.05) is 68.4 Å².